The van der Waals surface area contributed by atoms with Crippen LogP contribution in [0.4, 0.5) is 5.69 Å². The van der Waals surface area contributed by atoms with Crippen molar-refractivity contribution < 1.29 is 4.79 Å². The number of H-pyrrole nitrogens is 1. The SMILES string of the molecule is Cc1cc2[nH]c(=O)cc(C)c2cc1NC(=O)C[C@@H]1Cc2ccccc2CN1. The van der Waals surface area contributed by atoms with Gasteiger partial charge in [-0.3, -0.25) is 9.59 Å². The number of pyridine rings is 1. The van der Waals surface area contributed by atoms with E-state index in [1.807, 2.05) is 38.1 Å². The number of anilines is 1. The number of nitrogens with one attached hydrogen (secondary N) is 3. The van der Waals surface area contributed by atoms with Crippen molar-refractivity contribution in [2.75, 3.05) is 5.32 Å². The van der Waals surface area contributed by atoms with Crippen molar-refractivity contribution in [2.24, 2.45) is 0 Å². The highest BCUT2D eigenvalue weighted by molar-refractivity contribution is 5.95. The molecule has 1 aromatic heterocycles. The smallest absolute Gasteiger partial charge is 0.248 e. The number of carbonyl (C=O) groups excluding carboxylic acids is 1. The summed E-state index contributed by atoms with van der Waals surface area (Å²) in [7, 11) is 0. The molecular formula is C22H23N3O2. The fraction of sp³-hybridized carbons (Fsp3) is 0.273. The zero-order valence-electron chi connectivity index (χ0n) is 15.6. The molecule has 0 fully saturated rings. The van der Waals surface area contributed by atoms with E-state index in [0.717, 1.165) is 40.7 Å². The molecule has 4 rings (SSSR count). The van der Waals surface area contributed by atoms with E-state index in [9.17, 15) is 9.59 Å². The van der Waals surface area contributed by atoms with Crippen LogP contribution < -0.4 is 16.2 Å². The van der Waals surface area contributed by atoms with Crippen LogP contribution in [0.1, 0.15) is 28.7 Å². The lowest BCUT2D eigenvalue weighted by molar-refractivity contribution is -0.116. The standard InChI is InChI=1S/C22H23N3O2/c1-13-8-21(26)25-20-7-14(2)19(11-18(13)20)24-22(27)10-17-9-15-5-3-4-6-16(15)12-23-17/h3-8,11,17,23H,9-10,12H2,1-2H3,(H,24,27)(H,25,26)/t17-/m0/s1. The van der Waals surface area contributed by atoms with Crippen molar-refractivity contribution in [2.45, 2.75) is 39.3 Å². The summed E-state index contributed by atoms with van der Waals surface area (Å²) in [5, 5.41) is 7.44. The lowest BCUT2D eigenvalue weighted by Gasteiger charge is -2.25. The molecule has 0 aliphatic carbocycles. The number of aromatic amines is 1. The molecule has 138 valence electrons. The fourth-order valence-corrected chi connectivity index (χ4v) is 3.81. The van der Waals surface area contributed by atoms with Gasteiger partial charge in [0.25, 0.3) is 0 Å². The summed E-state index contributed by atoms with van der Waals surface area (Å²) in [4.78, 5) is 27.1. The van der Waals surface area contributed by atoms with Crippen LogP contribution in [0.25, 0.3) is 10.9 Å². The lowest BCUT2D eigenvalue weighted by atomic mass is 9.94. The van der Waals surface area contributed by atoms with Crippen molar-refractivity contribution in [3.8, 4) is 0 Å². The van der Waals surface area contributed by atoms with Crippen LogP contribution in [0.2, 0.25) is 0 Å². The van der Waals surface area contributed by atoms with Crippen LogP contribution in [0.5, 0.6) is 0 Å². The van der Waals surface area contributed by atoms with Crippen molar-refractivity contribution in [1.82, 2.24) is 10.3 Å². The molecule has 1 aliphatic heterocycles. The van der Waals surface area contributed by atoms with E-state index in [0.29, 0.717) is 6.42 Å². The maximum atomic E-state index is 12.6. The van der Waals surface area contributed by atoms with E-state index in [4.69, 9.17) is 0 Å². The van der Waals surface area contributed by atoms with E-state index in [-0.39, 0.29) is 17.5 Å². The molecule has 0 radical (unpaired) electrons. The maximum Gasteiger partial charge on any atom is 0.248 e. The molecule has 0 unspecified atom stereocenters. The number of fused-ring (bicyclic) bond motifs is 2. The number of hydrogen-bond acceptors (Lipinski definition) is 3. The first-order valence-electron chi connectivity index (χ1n) is 9.24. The Morgan fingerprint density at radius 2 is 1.89 bits per heavy atom. The Labute approximate surface area is 157 Å². The quantitative estimate of drug-likeness (QED) is 0.671. The number of aryl methyl sites for hydroxylation is 2. The number of amides is 1. The van der Waals surface area contributed by atoms with Gasteiger partial charge < -0.3 is 15.6 Å². The average molecular weight is 361 g/mol. The second kappa shape index (κ2) is 7.00. The second-order valence-electron chi connectivity index (χ2n) is 7.33. The van der Waals surface area contributed by atoms with Gasteiger partial charge in [0.05, 0.1) is 0 Å². The molecule has 27 heavy (non-hydrogen) atoms. The van der Waals surface area contributed by atoms with Crippen LogP contribution in [0, 0.1) is 13.8 Å². The molecule has 0 bridgehead atoms. The minimum absolute atomic E-state index is 0.00333. The molecule has 2 aromatic carbocycles. The van der Waals surface area contributed by atoms with Gasteiger partial charge in [-0.25, -0.2) is 0 Å². The molecule has 1 amide bonds. The van der Waals surface area contributed by atoms with E-state index in [2.05, 4.69) is 27.8 Å². The molecule has 3 N–H and O–H groups in total. The molecule has 3 aromatic rings. The largest absolute Gasteiger partial charge is 0.326 e. The molecule has 0 spiro atoms. The summed E-state index contributed by atoms with van der Waals surface area (Å²) in [5.41, 5.74) is 5.92. The monoisotopic (exact) mass is 361 g/mol. The van der Waals surface area contributed by atoms with Gasteiger partial charge in [0.2, 0.25) is 11.5 Å². The van der Waals surface area contributed by atoms with Crippen LogP contribution in [-0.4, -0.2) is 16.9 Å². The lowest BCUT2D eigenvalue weighted by Crippen LogP contribution is -2.38. The predicted molar refractivity (Wildman–Crippen MR) is 108 cm³/mol. The summed E-state index contributed by atoms with van der Waals surface area (Å²) in [6.07, 6.45) is 1.29. The van der Waals surface area contributed by atoms with Crippen molar-refractivity contribution in [1.29, 1.82) is 0 Å². The first kappa shape index (κ1) is 17.5. The second-order valence-corrected chi connectivity index (χ2v) is 7.33. The third-order valence-corrected chi connectivity index (χ3v) is 5.27. The Hall–Kier alpha value is -2.92. The van der Waals surface area contributed by atoms with Gasteiger partial charge in [-0.15, -0.1) is 0 Å². The number of carbonyl (C=O) groups is 1. The molecule has 2 heterocycles. The minimum Gasteiger partial charge on any atom is -0.326 e. The summed E-state index contributed by atoms with van der Waals surface area (Å²) >= 11 is 0. The van der Waals surface area contributed by atoms with Gasteiger partial charge in [-0.05, 0) is 54.7 Å². The summed E-state index contributed by atoms with van der Waals surface area (Å²) in [5.74, 6) is -0.00333. The van der Waals surface area contributed by atoms with E-state index in [1.54, 1.807) is 6.07 Å². The highest BCUT2D eigenvalue weighted by Crippen LogP contribution is 2.24. The number of aromatic nitrogens is 1. The molecule has 1 aliphatic rings. The van der Waals surface area contributed by atoms with Crippen LogP contribution in [0.15, 0.2) is 47.3 Å². The average Bonchev–Trinajstić information content (AvgIpc) is 2.62. The van der Waals surface area contributed by atoms with Gasteiger partial charge in [-0.2, -0.15) is 0 Å². The van der Waals surface area contributed by atoms with Crippen LogP contribution in [0.3, 0.4) is 0 Å². The Morgan fingerprint density at radius 3 is 2.70 bits per heavy atom. The Balaban J connectivity index is 1.50. The Bertz CT molecular complexity index is 1080. The molecule has 5 nitrogen and oxygen atoms in total. The molecule has 0 saturated carbocycles. The maximum absolute atomic E-state index is 12.6. The van der Waals surface area contributed by atoms with Crippen molar-refractivity contribution in [3.05, 3.63) is 75.1 Å². The van der Waals surface area contributed by atoms with Gasteiger partial charge in [0, 0.05) is 41.7 Å². The first-order valence-corrected chi connectivity index (χ1v) is 9.24. The van der Waals surface area contributed by atoms with Crippen LogP contribution >= 0.6 is 0 Å². The van der Waals surface area contributed by atoms with E-state index < -0.39 is 0 Å². The van der Waals surface area contributed by atoms with Gasteiger partial charge in [0.1, 0.15) is 0 Å². The predicted octanol–water partition coefficient (Wildman–Crippen LogP) is 3.19. The molecule has 1 atom stereocenters. The summed E-state index contributed by atoms with van der Waals surface area (Å²) < 4.78 is 0. The number of benzene rings is 2. The van der Waals surface area contributed by atoms with Gasteiger partial charge >= 0.3 is 0 Å². The van der Waals surface area contributed by atoms with Crippen LogP contribution in [-0.2, 0) is 17.8 Å². The van der Waals surface area contributed by atoms with Crippen molar-refractivity contribution >= 4 is 22.5 Å². The van der Waals surface area contributed by atoms with Gasteiger partial charge in [0.15, 0.2) is 0 Å². The Morgan fingerprint density at radius 1 is 1.11 bits per heavy atom. The normalized spacial score (nSPS) is 16.1. The first-order chi connectivity index (χ1) is 13.0. The summed E-state index contributed by atoms with van der Waals surface area (Å²) in [6.45, 7) is 4.64. The summed E-state index contributed by atoms with van der Waals surface area (Å²) in [6, 6.07) is 13.9. The highest BCUT2D eigenvalue weighted by atomic mass is 16.1. The van der Waals surface area contributed by atoms with E-state index >= 15 is 0 Å². The zero-order chi connectivity index (χ0) is 19.0. The number of rotatable bonds is 3. The third-order valence-electron chi connectivity index (χ3n) is 5.27. The topological polar surface area (TPSA) is 74.0 Å². The van der Waals surface area contributed by atoms with Gasteiger partial charge in [-0.1, -0.05) is 24.3 Å². The zero-order valence-corrected chi connectivity index (χ0v) is 15.6. The third kappa shape index (κ3) is 3.64. The molecular weight excluding hydrogens is 338 g/mol. The molecule has 0 saturated heterocycles. The Kier molecular flexibility index (Phi) is 4.54. The minimum atomic E-state index is -0.111. The van der Waals surface area contributed by atoms with E-state index in [1.165, 1.54) is 11.1 Å². The highest BCUT2D eigenvalue weighted by Gasteiger charge is 2.20. The number of hydrogen-bond donors (Lipinski definition) is 3. The van der Waals surface area contributed by atoms with Crippen molar-refractivity contribution in [3.63, 3.8) is 0 Å². The fourth-order valence-electron chi connectivity index (χ4n) is 3.81. The molecule has 5 heteroatoms.